The Kier molecular flexibility index (Phi) is 5.35. The average Bonchev–Trinajstić information content (AvgIpc) is 2.98. The van der Waals surface area contributed by atoms with E-state index in [2.05, 4.69) is 0 Å². The van der Waals surface area contributed by atoms with Crippen molar-refractivity contribution in [2.75, 3.05) is 12.9 Å². The highest BCUT2D eigenvalue weighted by molar-refractivity contribution is 8.04. The first-order chi connectivity index (χ1) is 10.5. The summed E-state index contributed by atoms with van der Waals surface area (Å²) in [6, 6.07) is 9.90. The van der Waals surface area contributed by atoms with E-state index in [1.54, 1.807) is 6.20 Å². The van der Waals surface area contributed by atoms with E-state index in [0.29, 0.717) is 17.3 Å². The van der Waals surface area contributed by atoms with Crippen LogP contribution in [0.3, 0.4) is 0 Å². The molecule has 1 aromatic rings. The predicted molar refractivity (Wildman–Crippen MR) is 82.6 cm³/mol. The molecule has 0 fully saturated rings. The van der Waals surface area contributed by atoms with E-state index in [1.165, 1.54) is 11.8 Å². The van der Waals surface area contributed by atoms with Crippen LogP contribution in [0.4, 0.5) is 0 Å². The third kappa shape index (κ3) is 4.19. The fourth-order valence-electron chi connectivity index (χ4n) is 1.94. The maximum absolute atomic E-state index is 11.9. The van der Waals surface area contributed by atoms with Crippen molar-refractivity contribution >= 4 is 29.3 Å². The van der Waals surface area contributed by atoms with Gasteiger partial charge in [0.15, 0.2) is 5.78 Å². The minimum Gasteiger partial charge on any atom is -0.475 e. The van der Waals surface area contributed by atoms with Crippen molar-refractivity contribution < 1.29 is 19.5 Å². The zero-order valence-electron chi connectivity index (χ0n) is 12.1. The van der Waals surface area contributed by atoms with E-state index >= 15 is 0 Å². The quantitative estimate of drug-likeness (QED) is 0.602. The third-order valence-corrected chi connectivity index (χ3v) is 4.18. The molecule has 0 unspecified atom stereocenters. The Labute approximate surface area is 132 Å². The average molecular weight is 320 g/mol. The van der Waals surface area contributed by atoms with E-state index in [4.69, 9.17) is 5.11 Å². The molecular weight excluding hydrogens is 304 g/mol. The zero-order valence-corrected chi connectivity index (χ0v) is 12.9. The third-order valence-electron chi connectivity index (χ3n) is 3.15. The molecule has 0 amide bonds. The van der Waals surface area contributed by atoms with E-state index < -0.39 is 24.0 Å². The first-order valence-electron chi connectivity index (χ1n) is 6.63. The monoisotopic (exact) mass is 320 g/mol. The van der Waals surface area contributed by atoms with Crippen LogP contribution >= 0.6 is 11.8 Å². The molecule has 0 bridgehead atoms. The number of ketones is 2. The normalized spacial score (nSPS) is 14.1. The number of nitrogens with zero attached hydrogens (tertiary/aromatic N) is 2. The topological polar surface area (TPSA) is 77.9 Å². The maximum Gasteiger partial charge on any atom is 0.372 e. The lowest BCUT2D eigenvalue weighted by molar-refractivity contribution is -0.149. The van der Waals surface area contributed by atoms with Crippen molar-refractivity contribution in [1.82, 2.24) is 10.0 Å². The highest BCUT2D eigenvalue weighted by Gasteiger charge is 2.25. The molecule has 1 aliphatic rings. The van der Waals surface area contributed by atoms with Crippen molar-refractivity contribution in [2.24, 2.45) is 0 Å². The molecule has 0 radical (unpaired) electrons. The van der Waals surface area contributed by atoms with Crippen LogP contribution in [0.25, 0.3) is 0 Å². The second-order valence-corrected chi connectivity index (χ2v) is 5.82. The van der Waals surface area contributed by atoms with Crippen LogP contribution in [0, 0.1) is 0 Å². The first kappa shape index (κ1) is 16.3. The summed E-state index contributed by atoms with van der Waals surface area (Å²) in [5.74, 6) is -2.54. The molecule has 0 aromatic heterocycles. The fourth-order valence-corrected chi connectivity index (χ4v) is 2.91. The van der Waals surface area contributed by atoms with Gasteiger partial charge in [-0.25, -0.2) is 9.80 Å². The van der Waals surface area contributed by atoms with Crippen LogP contribution < -0.4 is 0 Å². The van der Waals surface area contributed by atoms with Crippen molar-refractivity contribution in [3.8, 4) is 0 Å². The number of hydrogen-bond acceptors (Lipinski definition) is 6. The molecule has 0 aliphatic carbocycles. The second-order valence-electron chi connectivity index (χ2n) is 4.84. The summed E-state index contributed by atoms with van der Waals surface area (Å²) >= 11 is 1.30. The molecule has 7 heteroatoms. The molecule has 1 aromatic carbocycles. The van der Waals surface area contributed by atoms with Crippen molar-refractivity contribution in [1.29, 1.82) is 0 Å². The number of Topliss-reactive ketones (excluding diaryl/α,β-unsaturated/α-hetero) is 2. The number of rotatable bonds is 7. The minimum absolute atomic E-state index is 0.412. The number of carbonyl (C=O) groups is 3. The standard InChI is InChI=1S/C15H16N2O4S/c1-16(8-11-5-3-2-4-6-11)17-9-14(22-10-17)12(18)7-13(19)15(20)21/h2-6,9H,7-8,10H2,1H3,(H,20,21). The van der Waals surface area contributed by atoms with Gasteiger partial charge in [-0.1, -0.05) is 42.1 Å². The number of allylic oxidation sites excluding steroid dienone is 1. The van der Waals surface area contributed by atoms with Gasteiger partial charge in [0.25, 0.3) is 0 Å². The minimum atomic E-state index is -1.57. The molecule has 22 heavy (non-hydrogen) atoms. The lowest BCUT2D eigenvalue weighted by Crippen LogP contribution is -2.33. The van der Waals surface area contributed by atoms with E-state index in [-0.39, 0.29) is 0 Å². The lowest BCUT2D eigenvalue weighted by Gasteiger charge is -2.27. The summed E-state index contributed by atoms with van der Waals surface area (Å²) in [4.78, 5) is 33.8. The number of hydrogen-bond donors (Lipinski definition) is 1. The summed E-state index contributed by atoms with van der Waals surface area (Å²) in [5, 5.41) is 12.4. The van der Waals surface area contributed by atoms with Gasteiger partial charge in [-0.3, -0.25) is 9.59 Å². The highest BCUT2D eigenvalue weighted by Crippen LogP contribution is 2.28. The summed E-state index contributed by atoms with van der Waals surface area (Å²) in [6.45, 7) is 0.688. The summed E-state index contributed by atoms with van der Waals surface area (Å²) in [6.07, 6.45) is 1.06. The number of thioether (sulfide) groups is 1. The first-order valence-corrected chi connectivity index (χ1v) is 7.61. The van der Waals surface area contributed by atoms with Gasteiger partial charge < -0.3 is 10.1 Å². The van der Waals surface area contributed by atoms with Crippen molar-refractivity contribution in [2.45, 2.75) is 13.0 Å². The summed E-state index contributed by atoms with van der Waals surface area (Å²) in [5.41, 5.74) is 1.14. The lowest BCUT2D eigenvalue weighted by atomic mass is 10.2. The Hall–Kier alpha value is -2.12. The number of carboxylic acid groups (broad SMARTS) is 1. The molecule has 0 spiro atoms. The molecular formula is C15H16N2O4S. The van der Waals surface area contributed by atoms with Gasteiger partial charge in [0.2, 0.25) is 5.78 Å². The van der Waals surface area contributed by atoms with Crippen LogP contribution in [-0.4, -0.2) is 45.6 Å². The number of hydrazine groups is 1. The summed E-state index contributed by atoms with van der Waals surface area (Å²) in [7, 11) is 1.90. The maximum atomic E-state index is 11.9. The van der Waals surface area contributed by atoms with Crippen molar-refractivity contribution in [3.05, 3.63) is 47.0 Å². The van der Waals surface area contributed by atoms with Gasteiger partial charge in [-0.05, 0) is 5.56 Å². The molecule has 0 saturated carbocycles. The molecule has 1 aliphatic heterocycles. The zero-order chi connectivity index (χ0) is 16.1. The Morgan fingerprint density at radius 2 is 1.95 bits per heavy atom. The van der Waals surface area contributed by atoms with Crippen LogP contribution in [0.5, 0.6) is 0 Å². The fraction of sp³-hybridized carbons (Fsp3) is 0.267. The molecule has 116 valence electrons. The van der Waals surface area contributed by atoms with Crippen molar-refractivity contribution in [3.63, 3.8) is 0 Å². The molecule has 6 nitrogen and oxygen atoms in total. The predicted octanol–water partition coefficient (Wildman–Crippen LogP) is 1.49. The Bertz CT molecular complexity index is 615. The van der Waals surface area contributed by atoms with E-state index in [1.807, 2.05) is 47.4 Å². The van der Waals surface area contributed by atoms with Gasteiger partial charge in [0.1, 0.15) is 0 Å². The van der Waals surface area contributed by atoms with Gasteiger partial charge in [-0.2, -0.15) is 0 Å². The summed E-state index contributed by atoms with van der Waals surface area (Å²) < 4.78 is 0. The Morgan fingerprint density at radius 1 is 1.27 bits per heavy atom. The Balaban J connectivity index is 1.95. The largest absolute Gasteiger partial charge is 0.475 e. The molecule has 0 atom stereocenters. The van der Waals surface area contributed by atoms with Gasteiger partial charge in [0.05, 0.1) is 17.2 Å². The van der Waals surface area contributed by atoms with Crippen LogP contribution in [0.2, 0.25) is 0 Å². The molecule has 1 N–H and O–H groups in total. The van der Waals surface area contributed by atoms with Crippen LogP contribution in [0.15, 0.2) is 41.4 Å². The van der Waals surface area contributed by atoms with E-state index in [0.717, 1.165) is 5.56 Å². The number of benzene rings is 1. The number of carbonyl (C=O) groups excluding carboxylic acids is 2. The van der Waals surface area contributed by atoms with E-state index in [9.17, 15) is 14.4 Å². The van der Waals surface area contributed by atoms with Gasteiger partial charge in [0, 0.05) is 19.8 Å². The number of carboxylic acids is 1. The molecule has 1 heterocycles. The van der Waals surface area contributed by atoms with Crippen LogP contribution in [0.1, 0.15) is 12.0 Å². The van der Waals surface area contributed by atoms with Gasteiger partial charge in [-0.15, -0.1) is 0 Å². The van der Waals surface area contributed by atoms with Crippen LogP contribution in [-0.2, 0) is 20.9 Å². The second kappa shape index (κ2) is 7.24. The smallest absolute Gasteiger partial charge is 0.372 e. The highest BCUT2D eigenvalue weighted by atomic mass is 32.2. The van der Waals surface area contributed by atoms with Gasteiger partial charge >= 0.3 is 5.97 Å². The Morgan fingerprint density at radius 3 is 2.59 bits per heavy atom. The number of aliphatic carboxylic acids is 1. The molecule has 2 rings (SSSR count). The SMILES string of the molecule is CN(Cc1ccccc1)N1C=C(C(=O)CC(=O)C(=O)O)SC1. The molecule has 0 saturated heterocycles.